The smallest absolute Gasteiger partial charge is 0.0329 e. The van der Waals surface area contributed by atoms with Crippen LogP contribution in [0, 0.1) is 5.92 Å². The minimum atomic E-state index is -0.670. The van der Waals surface area contributed by atoms with Crippen LogP contribution >= 0.6 is 0 Å². The molecule has 1 aliphatic carbocycles. The number of nitrogens with one attached hydrogen (secondary N) is 1. The van der Waals surface area contributed by atoms with Gasteiger partial charge in [0, 0.05) is 48.0 Å². The van der Waals surface area contributed by atoms with E-state index in [-0.39, 0.29) is 0 Å². The molecule has 0 aromatic rings. The molecule has 2 aliphatic rings. The van der Waals surface area contributed by atoms with Crippen molar-refractivity contribution >= 4 is 10.8 Å². The highest BCUT2D eigenvalue weighted by atomic mass is 32.2. The lowest BCUT2D eigenvalue weighted by molar-refractivity contribution is 0.145. The maximum absolute atomic E-state index is 11.4. The van der Waals surface area contributed by atoms with E-state index in [9.17, 15) is 4.21 Å². The summed E-state index contributed by atoms with van der Waals surface area (Å²) in [5, 5.41) is 4.06. The highest BCUT2D eigenvalue weighted by molar-refractivity contribution is 7.84. The van der Waals surface area contributed by atoms with Crippen LogP contribution < -0.4 is 5.32 Å². The second kappa shape index (κ2) is 7.75. The van der Waals surface area contributed by atoms with E-state index in [0.29, 0.717) is 11.3 Å². The van der Waals surface area contributed by atoms with Crippen molar-refractivity contribution in [3.05, 3.63) is 0 Å². The molecule has 19 heavy (non-hydrogen) atoms. The second-order valence-corrected chi connectivity index (χ2v) is 8.16. The first-order chi connectivity index (χ1) is 9.16. The largest absolute Gasteiger partial charge is 0.311 e. The number of piperazine rings is 1. The summed E-state index contributed by atoms with van der Waals surface area (Å²) in [6.45, 7) is 6.72. The normalized spacial score (nSPS) is 30.1. The average molecular weight is 286 g/mol. The number of nitrogens with zero attached hydrogens (tertiary/aromatic N) is 1. The van der Waals surface area contributed by atoms with Gasteiger partial charge in [0.15, 0.2) is 0 Å². The molecule has 0 aromatic carbocycles. The maximum Gasteiger partial charge on any atom is 0.0329 e. The fourth-order valence-electron chi connectivity index (χ4n) is 3.43. The SMILES string of the molecule is CC(CCN1CCNC(C2CCCCC2)C1)S(C)=O. The molecule has 1 heterocycles. The zero-order valence-electron chi connectivity index (χ0n) is 12.6. The fourth-order valence-corrected chi connectivity index (χ4v) is 3.87. The van der Waals surface area contributed by atoms with Gasteiger partial charge in [-0.25, -0.2) is 0 Å². The Bertz CT molecular complexity index is 292. The van der Waals surface area contributed by atoms with Crippen molar-refractivity contribution in [2.45, 2.75) is 56.7 Å². The molecular weight excluding hydrogens is 256 g/mol. The monoisotopic (exact) mass is 286 g/mol. The second-order valence-electron chi connectivity index (χ2n) is 6.36. The van der Waals surface area contributed by atoms with E-state index >= 15 is 0 Å². The van der Waals surface area contributed by atoms with Crippen LogP contribution in [0.1, 0.15) is 45.4 Å². The van der Waals surface area contributed by atoms with E-state index in [2.05, 4.69) is 17.1 Å². The maximum atomic E-state index is 11.4. The molecule has 4 heteroatoms. The predicted molar refractivity (Wildman–Crippen MR) is 83.0 cm³/mol. The third kappa shape index (κ3) is 4.83. The van der Waals surface area contributed by atoms with Crippen molar-refractivity contribution in [3.63, 3.8) is 0 Å². The lowest BCUT2D eigenvalue weighted by Crippen LogP contribution is -2.54. The topological polar surface area (TPSA) is 32.3 Å². The van der Waals surface area contributed by atoms with E-state index in [1.807, 2.05) is 6.26 Å². The Morgan fingerprint density at radius 2 is 2.05 bits per heavy atom. The van der Waals surface area contributed by atoms with Crippen LogP contribution in [-0.4, -0.2) is 52.8 Å². The lowest BCUT2D eigenvalue weighted by Gasteiger charge is -2.39. The molecule has 1 aliphatic heterocycles. The zero-order valence-corrected chi connectivity index (χ0v) is 13.4. The first kappa shape index (κ1) is 15.5. The van der Waals surface area contributed by atoms with Gasteiger partial charge in [0.25, 0.3) is 0 Å². The third-order valence-electron chi connectivity index (χ3n) is 4.93. The summed E-state index contributed by atoms with van der Waals surface area (Å²) < 4.78 is 11.4. The highest BCUT2D eigenvalue weighted by Gasteiger charge is 2.27. The summed E-state index contributed by atoms with van der Waals surface area (Å²) in [6, 6.07) is 0.705. The zero-order chi connectivity index (χ0) is 13.7. The molecule has 2 rings (SSSR count). The van der Waals surface area contributed by atoms with Gasteiger partial charge in [-0.15, -0.1) is 0 Å². The first-order valence-corrected chi connectivity index (χ1v) is 9.57. The van der Waals surface area contributed by atoms with Crippen molar-refractivity contribution in [1.29, 1.82) is 0 Å². The van der Waals surface area contributed by atoms with Gasteiger partial charge in [-0.3, -0.25) is 4.21 Å². The molecule has 0 amide bonds. The molecule has 0 aromatic heterocycles. The number of hydrogen-bond acceptors (Lipinski definition) is 3. The molecule has 1 saturated heterocycles. The molecular formula is C15H30N2OS. The van der Waals surface area contributed by atoms with E-state index < -0.39 is 10.8 Å². The lowest BCUT2D eigenvalue weighted by atomic mass is 9.83. The highest BCUT2D eigenvalue weighted by Crippen LogP contribution is 2.27. The quantitative estimate of drug-likeness (QED) is 0.839. The Hall–Kier alpha value is 0.0700. The third-order valence-corrected chi connectivity index (χ3v) is 6.30. The Balaban J connectivity index is 1.75. The summed E-state index contributed by atoms with van der Waals surface area (Å²) in [6.07, 6.45) is 10.0. The number of rotatable bonds is 5. The van der Waals surface area contributed by atoms with Crippen LogP contribution in [0.3, 0.4) is 0 Å². The van der Waals surface area contributed by atoms with E-state index in [1.54, 1.807) is 0 Å². The standard InChI is InChI=1S/C15H30N2OS/c1-13(19(2)18)8-10-17-11-9-16-15(12-17)14-6-4-3-5-7-14/h13-16H,3-12H2,1-2H3. The van der Waals surface area contributed by atoms with E-state index in [1.165, 1.54) is 38.6 Å². The van der Waals surface area contributed by atoms with Crippen LogP contribution in [0.5, 0.6) is 0 Å². The van der Waals surface area contributed by atoms with Gasteiger partial charge < -0.3 is 10.2 Å². The summed E-state index contributed by atoms with van der Waals surface area (Å²) in [5.41, 5.74) is 0. The van der Waals surface area contributed by atoms with Crippen molar-refractivity contribution in [1.82, 2.24) is 10.2 Å². The van der Waals surface area contributed by atoms with Gasteiger partial charge in [-0.2, -0.15) is 0 Å². The van der Waals surface area contributed by atoms with Crippen LogP contribution in [0.4, 0.5) is 0 Å². The molecule has 3 nitrogen and oxygen atoms in total. The molecule has 0 spiro atoms. The average Bonchev–Trinajstić information content (AvgIpc) is 2.46. The Morgan fingerprint density at radius 3 is 2.74 bits per heavy atom. The molecule has 3 atom stereocenters. The Labute approximate surface area is 121 Å². The van der Waals surface area contributed by atoms with Gasteiger partial charge in [0.1, 0.15) is 0 Å². The predicted octanol–water partition coefficient (Wildman–Crippen LogP) is 2.00. The van der Waals surface area contributed by atoms with Crippen LogP contribution in [0.15, 0.2) is 0 Å². The van der Waals surface area contributed by atoms with Gasteiger partial charge in [0.2, 0.25) is 0 Å². The van der Waals surface area contributed by atoms with Crippen molar-refractivity contribution < 1.29 is 4.21 Å². The Kier molecular flexibility index (Phi) is 6.30. The number of hydrogen-bond donors (Lipinski definition) is 1. The first-order valence-electron chi connectivity index (χ1n) is 7.95. The van der Waals surface area contributed by atoms with Gasteiger partial charge in [-0.05, 0) is 31.7 Å². The minimum absolute atomic E-state index is 0.336. The van der Waals surface area contributed by atoms with Gasteiger partial charge in [-0.1, -0.05) is 26.2 Å². The molecule has 3 unspecified atom stereocenters. The minimum Gasteiger partial charge on any atom is -0.311 e. The summed E-state index contributed by atoms with van der Waals surface area (Å²) >= 11 is 0. The molecule has 1 saturated carbocycles. The molecule has 0 radical (unpaired) electrons. The summed E-state index contributed by atoms with van der Waals surface area (Å²) in [7, 11) is -0.670. The van der Waals surface area contributed by atoms with E-state index in [0.717, 1.165) is 32.0 Å². The molecule has 1 N–H and O–H groups in total. The molecule has 0 bridgehead atoms. The fraction of sp³-hybridized carbons (Fsp3) is 1.00. The molecule has 112 valence electrons. The van der Waals surface area contributed by atoms with Crippen LogP contribution in [0.25, 0.3) is 0 Å². The Morgan fingerprint density at radius 1 is 1.32 bits per heavy atom. The molecule has 2 fully saturated rings. The van der Waals surface area contributed by atoms with Gasteiger partial charge in [0.05, 0.1) is 0 Å². The van der Waals surface area contributed by atoms with Crippen molar-refractivity contribution in [3.8, 4) is 0 Å². The van der Waals surface area contributed by atoms with Gasteiger partial charge >= 0.3 is 0 Å². The van der Waals surface area contributed by atoms with Crippen molar-refractivity contribution in [2.24, 2.45) is 5.92 Å². The van der Waals surface area contributed by atoms with Crippen LogP contribution in [-0.2, 0) is 10.8 Å². The van der Waals surface area contributed by atoms with Crippen LogP contribution in [0.2, 0.25) is 0 Å². The van der Waals surface area contributed by atoms with Crippen molar-refractivity contribution in [2.75, 3.05) is 32.4 Å². The van der Waals surface area contributed by atoms with E-state index in [4.69, 9.17) is 0 Å². The summed E-state index contributed by atoms with van der Waals surface area (Å²) in [5.74, 6) is 0.897. The summed E-state index contributed by atoms with van der Waals surface area (Å²) in [4.78, 5) is 2.58.